The summed E-state index contributed by atoms with van der Waals surface area (Å²) in [6.07, 6.45) is 0. The minimum absolute atomic E-state index is 0.443. The summed E-state index contributed by atoms with van der Waals surface area (Å²) in [7, 11) is 1.65. The lowest BCUT2D eigenvalue weighted by Crippen LogP contribution is -2.00. The summed E-state index contributed by atoms with van der Waals surface area (Å²) in [5.74, 6) is 1.65. The van der Waals surface area contributed by atoms with Crippen molar-refractivity contribution >= 4 is 22.6 Å². The Hall–Kier alpha value is -1.30. The summed E-state index contributed by atoms with van der Waals surface area (Å²) in [5.41, 5.74) is 1.79. The van der Waals surface area contributed by atoms with Gasteiger partial charge < -0.3 is 9.47 Å². The molecule has 1 heterocycles. The number of hydrogen-bond acceptors (Lipinski definition) is 3. The molecule has 0 amide bonds. The minimum atomic E-state index is 0.443. The third-order valence-electron chi connectivity index (χ3n) is 2.42. The highest BCUT2D eigenvalue weighted by atomic mass is 127. The van der Waals surface area contributed by atoms with E-state index in [1.807, 2.05) is 43.3 Å². The molecule has 1 aromatic carbocycles. The van der Waals surface area contributed by atoms with Crippen molar-refractivity contribution < 1.29 is 9.47 Å². The molecule has 4 heteroatoms. The van der Waals surface area contributed by atoms with E-state index in [9.17, 15) is 0 Å². The Morgan fingerprint density at radius 2 is 1.83 bits per heavy atom. The second-order valence-electron chi connectivity index (χ2n) is 3.88. The zero-order valence-corrected chi connectivity index (χ0v) is 12.5. The van der Waals surface area contributed by atoms with Gasteiger partial charge >= 0.3 is 0 Å². The fourth-order valence-electron chi connectivity index (χ4n) is 1.58. The van der Waals surface area contributed by atoms with Crippen LogP contribution in [0.15, 0.2) is 36.4 Å². The SMILES string of the molecule is COc1cc(C)nc(COc2ccc(I)cc2)c1. The molecule has 0 radical (unpaired) electrons. The third kappa shape index (κ3) is 3.60. The van der Waals surface area contributed by atoms with E-state index in [4.69, 9.17) is 9.47 Å². The number of benzene rings is 1. The van der Waals surface area contributed by atoms with Crippen molar-refractivity contribution in [2.24, 2.45) is 0 Å². The van der Waals surface area contributed by atoms with Crippen LogP contribution in [0.1, 0.15) is 11.4 Å². The van der Waals surface area contributed by atoms with E-state index >= 15 is 0 Å². The molecule has 0 unspecified atom stereocenters. The minimum Gasteiger partial charge on any atom is -0.497 e. The van der Waals surface area contributed by atoms with Gasteiger partial charge in [0.15, 0.2) is 0 Å². The predicted octanol–water partition coefficient (Wildman–Crippen LogP) is 3.58. The molecule has 0 bridgehead atoms. The van der Waals surface area contributed by atoms with Gasteiger partial charge in [0.05, 0.1) is 12.8 Å². The smallest absolute Gasteiger partial charge is 0.130 e. The van der Waals surface area contributed by atoms with E-state index < -0.39 is 0 Å². The third-order valence-corrected chi connectivity index (χ3v) is 3.14. The molecule has 0 fully saturated rings. The monoisotopic (exact) mass is 355 g/mol. The molecule has 0 aliphatic heterocycles. The van der Waals surface area contributed by atoms with Crippen LogP contribution in [0.4, 0.5) is 0 Å². The summed E-state index contributed by atoms with van der Waals surface area (Å²) in [5, 5.41) is 0. The Labute approximate surface area is 120 Å². The van der Waals surface area contributed by atoms with Crippen LogP contribution in [0.25, 0.3) is 0 Å². The van der Waals surface area contributed by atoms with Crippen molar-refractivity contribution in [3.8, 4) is 11.5 Å². The molecular weight excluding hydrogens is 341 g/mol. The molecule has 2 rings (SSSR count). The molecule has 3 nitrogen and oxygen atoms in total. The lowest BCUT2D eigenvalue weighted by Gasteiger charge is -2.08. The van der Waals surface area contributed by atoms with Crippen molar-refractivity contribution in [2.75, 3.05) is 7.11 Å². The molecule has 0 saturated heterocycles. The maximum Gasteiger partial charge on any atom is 0.130 e. The number of aromatic nitrogens is 1. The molecule has 0 saturated carbocycles. The lowest BCUT2D eigenvalue weighted by molar-refractivity contribution is 0.300. The van der Waals surface area contributed by atoms with E-state index in [2.05, 4.69) is 27.6 Å². The number of aryl methyl sites for hydroxylation is 1. The maximum absolute atomic E-state index is 5.68. The first-order valence-electron chi connectivity index (χ1n) is 5.57. The lowest BCUT2D eigenvalue weighted by atomic mass is 10.3. The van der Waals surface area contributed by atoms with Gasteiger partial charge in [-0.1, -0.05) is 0 Å². The number of hydrogen-bond donors (Lipinski definition) is 0. The molecular formula is C14H14INO2. The van der Waals surface area contributed by atoms with Gasteiger partial charge in [0.25, 0.3) is 0 Å². The molecule has 0 aliphatic rings. The Bertz CT molecular complexity index is 526. The highest BCUT2D eigenvalue weighted by molar-refractivity contribution is 14.1. The Kier molecular flexibility index (Phi) is 4.41. The number of ether oxygens (including phenoxy) is 2. The summed E-state index contributed by atoms with van der Waals surface area (Å²) < 4.78 is 12.1. The second kappa shape index (κ2) is 6.04. The number of pyridine rings is 1. The van der Waals surface area contributed by atoms with Gasteiger partial charge in [-0.05, 0) is 53.8 Å². The van der Waals surface area contributed by atoms with E-state index in [1.54, 1.807) is 7.11 Å². The Morgan fingerprint density at radius 1 is 1.11 bits per heavy atom. The summed E-state index contributed by atoms with van der Waals surface area (Å²) in [4.78, 5) is 4.41. The van der Waals surface area contributed by atoms with Crippen LogP contribution in [0.3, 0.4) is 0 Å². The van der Waals surface area contributed by atoms with Crippen LogP contribution in [-0.4, -0.2) is 12.1 Å². The van der Waals surface area contributed by atoms with Crippen molar-refractivity contribution in [3.63, 3.8) is 0 Å². The van der Waals surface area contributed by atoms with Crippen LogP contribution in [0.2, 0.25) is 0 Å². The molecule has 0 atom stereocenters. The maximum atomic E-state index is 5.68. The zero-order valence-electron chi connectivity index (χ0n) is 10.3. The first-order chi connectivity index (χ1) is 8.67. The quantitative estimate of drug-likeness (QED) is 0.786. The molecule has 0 spiro atoms. The van der Waals surface area contributed by atoms with E-state index in [-0.39, 0.29) is 0 Å². The molecule has 94 valence electrons. The van der Waals surface area contributed by atoms with Crippen molar-refractivity contribution in [2.45, 2.75) is 13.5 Å². The van der Waals surface area contributed by atoms with Gasteiger partial charge in [-0.3, -0.25) is 4.98 Å². The standard InChI is InChI=1S/C14H14INO2/c1-10-7-14(17-2)8-12(16-10)9-18-13-5-3-11(15)4-6-13/h3-8H,9H2,1-2H3. The summed E-state index contributed by atoms with van der Waals surface area (Å²) in [6.45, 7) is 2.38. The van der Waals surface area contributed by atoms with Gasteiger partial charge in [-0.2, -0.15) is 0 Å². The van der Waals surface area contributed by atoms with Gasteiger partial charge in [0.2, 0.25) is 0 Å². The predicted molar refractivity (Wildman–Crippen MR) is 79.0 cm³/mol. The van der Waals surface area contributed by atoms with Crippen molar-refractivity contribution in [3.05, 3.63) is 51.4 Å². The number of nitrogens with zero attached hydrogens (tertiary/aromatic N) is 1. The van der Waals surface area contributed by atoms with Crippen LogP contribution >= 0.6 is 22.6 Å². The summed E-state index contributed by atoms with van der Waals surface area (Å²) in [6, 6.07) is 11.7. The number of rotatable bonds is 4. The van der Waals surface area contributed by atoms with Crippen LogP contribution in [-0.2, 0) is 6.61 Å². The normalized spacial score (nSPS) is 10.2. The number of methoxy groups -OCH3 is 1. The van der Waals surface area contributed by atoms with Crippen molar-refractivity contribution in [1.29, 1.82) is 0 Å². The van der Waals surface area contributed by atoms with Gasteiger partial charge in [-0.15, -0.1) is 0 Å². The number of halogens is 1. The molecule has 0 N–H and O–H groups in total. The summed E-state index contributed by atoms with van der Waals surface area (Å²) >= 11 is 2.27. The topological polar surface area (TPSA) is 31.4 Å². The highest BCUT2D eigenvalue weighted by Gasteiger charge is 2.02. The molecule has 0 aliphatic carbocycles. The van der Waals surface area contributed by atoms with Crippen LogP contribution < -0.4 is 9.47 Å². The first-order valence-corrected chi connectivity index (χ1v) is 6.65. The fraction of sp³-hybridized carbons (Fsp3) is 0.214. The van der Waals surface area contributed by atoms with Gasteiger partial charge in [0, 0.05) is 21.4 Å². The second-order valence-corrected chi connectivity index (χ2v) is 5.13. The van der Waals surface area contributed by atoms with Crippen molar-refractivity contribution in [1.82, 2.24) is 4.98 Å². The molecule has 1 aromatic heterocycles. The molecule has 2 aromatic rings. The van der Waals surface area contributed by atoms with Crippen LogP contribution in [0, 0.1) is 10.5 Å². The average molecular weight is 355 g/mol. The fourth-order valence-corrected chi connectivity index (χ4v) is 1.94. The van der Waals surface area contributed by atoms with E-state index in [0.29, 0.717) is 6.61 Å². The first kappa shape index (κ1) is 13.1. The van der Waals surface area contributed by atoms with Gasteiger partial charge in [0.1, 0.15) is 18.1 Å². The van der Waals surface area contributed by atoms with E-state index in [0.717, 1.165) is 22.9 Å². The molecule has 18 heavy (non-hydrogen) atoms. The van der Waals surface area contributed by atoms with E-state index in [1.165, 1.54) is 3.57 Å². The largest absolute Gasteiger partial charge is 0.497 e. The highest BCUT2D eigenvalue weighted by Crippen LogP contribution is 2.17. The van der Waals surface area contributed by atoms with Crippen LogP contribution in [0.5, 0.6) is 11.5 Å². The average Bonchev–Trinajstić information content (AvgIpc) is 2.37. The zero-order chi connectivity index (χ0) is 13.0. The van der Waals surface area contributed by atoms with Gasteiger partial charge in [-0.25, -0.2) is 0 Å². The Morgan fingerprint density at radius 3 is 2.50 bits per heavy atom. The Balaban J connectivity index is 2.05.